The highest BCUT2D eigenvalue weighted by Gasteiger charge is 2.23. The fraction of sp³-hybridized carbons (Fsp3) is 0.500. The normalized spacial score (nSPS) is 13.1. The molecule has 0 N–H and O–H groups in total. The van der Waals surface area contributed by atoms with Crippen LogP contribution in [0.3, 0.4) is 0 Å². The predicted molar refractivity (Wildman–Crippen MR) is 88.6 cm³/mol. The lowest BCUT2D eigenvalue weighted by Crippen LogP contribution is -2.16. The Hall–Kier alpha value is -1.57. The van der Waals surface area contributed by atoms with Crippen molar-refractivity contribution in [2.45, 2.75) is 53.4 Å². The fourth-order valence-corrected chi connectivity index (χ4v) is 2.31. The van der Waals surface area contributed by atoms with Gasteiger partial charge in [-0.3, -0.25) is 4.79 Å². The van der Waals surface area contributed by atoms with E-state index in [9.17, 15) is 4.79 Å². The van der Waals surface area contributed by atoms with Crippen molar-refractivity contribution in [2.24, 2.45) is 7.05 Å². The van der Waals surface area contributed by atoms with Crippen molar-refractivity contribution >= 4 is 10.9 Å². The first-order valence-electron chi connectivity index (χ1n) is 7.77. The molecule has 0 unspecified atom stereocenters. The van der Waals surface area contributed by atoms with Gasteiger partial charge in [0.1, 0.15) is 0 Å². The Balaban J connectivity index is 0.000000461. The van der Waals surface area contributed by atoms with Gasteiger partial charge in [-0.05, 0) is 48.9 Å². The lowest BCUT2D eigenvalue weighted by Gasteiger charge is -2.09. The molecule has 1 aliphatic carbocycles. The third-order valence-corrected chi connectivity index (χ3v) is 3.53. The molecule has 2 nitrogen and oxygen atoms in total. The van der Waals surface area contributed by atoms with Crippen molar-refractivity contribution < 1.29 is 0 Å². The molecule has 0 radical (unpaired) electrons. The second-order valence-electron chi connectivity index (χ2n) is 4.78. The zero-order chi connectivity index (χ0) is 15.3. The van der Waals surface area contributed by atoms with Crippen LogP contribution in [-0.4, -0.2) is 4.57 Å². The number of aryl methyl sites for hydroxylation is 2. The number of hydrogen-bond donors (Lipinski definition) is 0. The van der Waals surface area contributed by atoms with Crippen LogP contribution in [0, 0.1) is 6.92 Å². The van der Waals surface area contributed by atoms with Crippen LogP contribution < -0.4 is 5.56 Å². The van der Waals surface area contributed by atoms with E-state index < -0.39 is 0 Å². The Morgan fingerprint density at radius 2 is 1.65 bits per heavy atom. The van der Waals surface area contributed by atoms with Gasteiger partial charge in [-0.15, -0.1) is 0 Å². The molecule has 1 aliphatic rings. The van der Waals surface area contributed by atoms with E-state index in [4.69, 9.17) is 0 Å². The van der Waals surface area contributed by atoms with E-state index in [2.05, 4.69) is 18.2 Å². The lowest BCUT2D eigenvalue weighted by molar-refractivity contribution is 0.902. The van der Waals surface area contributed by atoms with Gasteiger partial charge in [0.05, 0.1) is 5.52 Å². The van der Waals surface area contributed by atoms with E-state index in [0.29, 0.717) is 0 Å². The van der Waals surface area contributed by atoms with Crippen LogP contribution in [0.4, 0.5) is 0 Å². The van der Waals surface area contributed by atoms with Gasteiger partial charge in [-0.25, -0.2) is 0 Å². The summed E-state index contributed by atoms with van der Waals surface area (Å²) in [4.78, 5) is 11.6. The molecule has 0 bridgehead atoms. The molecule has 2 heteroatoms. The van der Waals surface area contributed by atoms with Crippen LogP contribution in [0.1, 0.15) is 57.6 Å². The van der Waals surface area contributed by atoms with Crippen molar-refractivity contribution in [3.05, 3.63) is 45.7 Å². The number of benzene rings is 1. The SMILES string of the molecule is CC.CC.Cc1cc(=O)n(C)c2ccc(C3CC3)cc12. The molecule has 0 atom stereocenters. The maximum absolute atomic E-state index is 11.6. The quantitative estimate of drug-likeness (QED) is 0.733. The number of nitrogens with zero attached hydrogens (tertiary/aromatic N) is 1. The zero-order valence-electron chi connectivity index (χ0n) is 13.7. The Morgan fingerprint density at radius 1 is 1.05 bits per heavy atom. The smallest absolute Gasteiger partial charge is 0.251 e. The van der Waals surface area contributed by atoms with Crippen molar-refractivity contribution in [3.8, 4) is 0 Å². The van der Waals surface area contributed by atoms with E-state index >= 15 is 0 Å². The van der Waals surface area contributed by atoms with Gasteiger partial charge in [-0.1, -0.05) is 33.8 Å². The monoisotopic (exact) mass is 273 g/mol. The van der Waals surface area contributed by atoms with Gasteiger partial charge in [0.25, 0.3) is 5.56 Å². The molecule has 0 aliphatic heterocycles. The van der Waals surface area contributed by atoms with Crippen LogP contribution in [0.25, 0.3) is 10.9 Å². The van der Waals surface area contributed by atoms with Gasteiger partial charge in [0.2, 0.25) is 0 Å². The lowest BCUT2D eigenvalue weighted by atomic mass is 10.0. The summed E-state index contributed by atoms with van der Waals surface area (Å²) in [5.74, 6) is 0.765. The maximum atomic E-state index is 11.6. The molecule has 1 fully saturated rings. The maximum Gasteiger partial charge on any atom is 0.251 e. The van der Waals surface area contributed by atoms with Crippen LogP contribution in [0.5, 0.6) is 0 Å². The molecule has 0 spiro atoms. The molecular formula is C18H27NO. The summed E-state index contributed by atoms with van der Waals surface area (Å²) in [5.41, 5.74) is 3.62. The zero-order valence-corrected chi connectivity index (χ0v) is 13.7. The van der Waals surface area contributed by atoms with E-state index in [-0.39, 0.29) is 5.56 Å². The van der Waals surface area contributed by atoms with Gasteiger partial charge in [-0.2, -0.15) is 0 Å². The largest absolute Gasteiger partial charge is 0.311 e. The van der Waals surface area contributed by atoms with Crippen LogP contribution >= 0.6 is 0 Å². The van der Waals surface area contributed by atoms with Gasteiger partial charge in [0, 0.05) is 18.5 Å². The highest BCUT2D eigenvalue weighted by Crippen LogP contribution is 2.40. The van der Waals surface area contributed by atoms with Crippen molar-refractivity contribution in [1.82, 2.24) is 4.57 Å². The predicted octanol–water partition coefficient (Wildman–Crippen LogP) is 4.78. The second kappa shape index (κ2) is 7.28. The molecule has 110 valence electrons. The van der Waals surface area contributed by atoms with Crippen LogP contribution in [0.2, 0.25) is 0 Å². The summed E-state index contributed by atoms with van der Waals surface area (Å²) >= 11 is 0. The molecule has 2 aromatic rings. The molecule has 1 heterocycles. The number of pyridine rings is 1. The highest BCUT2D eigenvalue weighted by molar-refractivity contribution is 5.83. The first kappa shape index (κ1) is 16.5. The van der Waals surface area contributed by atoms with Gasteiger partial charge < -0.3 is 4.57 Å². The van der Waals surface area contributed by atoms with Crippen molar-refractivity contribution in [1.29, 1.82) is 0 Å². The number of hydrogen-bond acceptors (Lipinski definition) is 1. The number of aromatic nitrogens is 1. The molecule has 0 saturated heterocycles. The summed E-state index contributed by atoms with van der Waals surface area (Å²) in [6.45, 7) is 10.0. The first-order chi connectivity index (χ1) is 9.66. The second-order valence-corrected chi connectivity index (χ2v) is 4.78. The standard InChI is InChI=1S/C14H15NO.2C2H6/c1-9-7-14(16)15(2)13-6-5-11(8-12(9)13)10-3-4-10;2*1-2/h5-8,10H,3-4H2,1-2H3;2*1-2H3. The molecule has 20 heavy (non-hydrogen) atoms. The highest BCUT2D eigenvalue weighted by atomic mass is 16.1. The minimum Gasteiger partial charge on any atom is -0.311 e. The first-order valence-corrected chi connectivity index (χ1v) is 7.77. The van der Waals surface area contributed by atoms with E-state index in [1.807, 2.05) is 41.7 Å². The minimum atomic E-state index is 0.0733. The molecule has 1 saturated carbocycles. The Bertz CT molecular complexity index is 621. The summed E-state index contributed by atoms with van der Waals surface area (Å²) in [6, 6.07) is 8.22. The average Bonchev–Trinajstić information content (AvgIpc) is 3.33. The Morgan fingerprint density at radius 3 is 2.20 bits per heavy atom. The van der Waals surface area contributed by atoms with Crippen LogP contribution in [0.15, 0.2) is 29.1 Å². The molecule has 0 amide bonds. The Kier molecular flexibility index (Phi) is 6.00. The van der Waals surface area contributed by atoms with Gasteiger partial charge in [0.15, 0.2) is 0 Å². The number of fused-ring (bicyclic) bond motifs is 1. The Labute approximate surface area is 122 Å². The molecule has 1 aromatic heterocycles. The van der Waals surface area contributed by atoms with Gasteiger partial charge >= 0.3 is 0 Å². The summed E-state index contributed by atoms with van der Waals surface area (Å²) in [6.07, 6.45) is 2.63. The van der Waals surface area contributed by atoms with Crippen molar-refractivity contribution in [2.75, 3.05) is 0 Å². The molecule has 1 aromatic carbocycles. The molecule has 3 rings (SSSR count). The van der Waals surface area contributed by atoms with Crippen LogP contribution in [-0.2, 0) is 7.05 Å². The molecular weight excluding hydrogens is 246 g/mol. The average molecular weight is 273 g/mol. The topological polar surface area (TPSA) is 22.0 Å². The third-order valence-electron chi connectivity index (χ3n) is 3.53. The fourth-order valence-electron chi connectivity index (χ4n) is 2.31. The number of rotatable bonds is 1. The third kappa shape index (κ3) is 3.30. The van der Waals surface area contributed by atoms with E-state index in [0.717, 1.165) is 17.0 Å². The minimum absolute atomic E-state index is 0.0733. The van der Waals surface area contributed by atoms with E-state index in [1.165, 1.54) is 23.8 Å². The summed E-state index contributed by atoms with van der Waals surface area (Å²) < 4.78 is 1.72. The summed E-state index contributed by atoms with van der Waals surface area (Å²) in [7, 11) is 1.83. The summed E-state index contributed by atoms with van der Waals surface area (Å²) in [5, 5.41) is 1.21. The van der Waals surface area contributed by atoms with Crippen molar-refractivity contribution in [3.63, 3.8) is 0 Å². The van der Waals surface area contributed by atoms with E-state index in [1.54, 1.807) is 10.6 Å².